The van der Waals surface area contributed by atoms with E-state index in [-0.39, 0.29) is 16.8 Å². The van der Waals surface area contributed by atoms with Gasteiger partial charge in [0.1, 0.15) is 5.60 Å². The van der Waals surface area contributed by atoms with Gasteiger partial charge >= 0.3 is 0 Å². The lowest BCUT2D eigenvalue weighted by molar-refractivity contribution is -0.0936. The molecular formula is C18H17ClN2O4. The van der Waals surface area contributed by atoms with Gasteiger partial charge in [-0.1, -0.05) is 11.6 Å². The fraction of sp³-hybridized carbons (Fsp3) is 0.389. The maximum atomic E-state index is 10.8. The van der Waals surface area contributed by atoms with Gasteiger partial charge in [0, 0.05) is 6.42 Å². The number of benzene rings is 1. The summed E-state index contributed by atoms with van der Waals surface area (Å²) in [5.41, 5.74) is 0.218. The monoisotopic (exact) mass is 360 g/mol. The van der Waals surface area contributed by atoms with Crippen LogP contribution in [-0.2, 0) is 15.9 Å². The summed E-state index contributed by atoms with van der Waals surface area (Å²) >= 11 is 6.39. The first kappa shape index (κ1) is 16.3. The van der Waals surface area contributed by atoms with Crippen LogP contribution >= 0.6 is 11.6 Å². The Morgan fingerprint density at radius 2 is 1.92 bits per heavy atom. The van der Waals surface area contributed by atoms with Gasteiger partial charge in [-0.3, -0.25) is 0 Å². The van der Waals surface area contributed by atoms with Crippen LogP contribution in [-0.4, -0.2) is 26.0 Å². The molecule has 1 aromatic carbocycles. The van der Waals surface area contributed by atoms with E-state index in [2.05, 4.69) is 6.07 Å². The fourth-order valence-corrected chi connectivity index (χ4v) is 4.47. The molecule has 3 heterocycles. The van der Waals surface area contributed by atoms with Crippen molar-refractivity contribution >= 4 is 11.6 Å². The molecule has 0 amide bonds. The van der Waals surface area contributed by atoms with Crippen LogP contribution in [0, 0.1) is 18.3 Å². The summed E-state index contributed by atoms with van der Waals surface area (Å²) in [4.78, 5) is 0. The quantitative estimate of drug-likeness (QED) is 0.726. The van der Waals surface area contributed by atoms with Gasteiger partial charge in [-0.05, 0) is 38.5 Å². The van der Waals surface area contributed by atoms with Gasteiger partial charge in [0.05, 0.1) is 45.2 Å². The molecule has 4 rings (SSSR count). The second kappa shape index (κ2) is 4.70. The maximum absolute atomic E-state index is 10.8. The van der Waals surface area contributed by atoms with Crippen LogP contribution in [0.4, 0.5) is 0 Å². The molecule has 2 aromatic rings. The topological polar surface area (TPSA) is 98.6 Å². The molecule has 0 spiro atoms. The minimum Gasteiger partial charge on any atom is -0.494 e. The Kier molecular flexibility index (Phi) is 3.06. The van der Waals surface area contributed by atoms with Crippen molar-refractivity contribution in [3.63, 3.8) is 0 Å². The Morgan fingerprint density at radius 1 is 1.28 bits per heavy atom. The number of halogens is 1. The van der Waals surface area contributed by atoms with Crippen LogP contribution in [0.2, 0.25) is 5.02 Å². The standard InChI is InChI=1S/C18H17ClN2O4/c1-8-9(7-20)4-5-10(14(8)19)21-15(23)12-13(16(21)24)18(3)11(22)6-17(12,2)25-18/h4-5,11,22-24H,6H2,1-3H3/t11-,17?,18?/m0/s1. The molecule has 3 atom stereocenters. The van der Waals surface area contributed by atoms with Crippen molar-refractivity contribution in [3.05, 3.63) is 39.4 Å². The molecule has 0 radical (unpaired) electrons. The summed E-state index contributed by atoms with van der Waals surface area (Å²) in [6, 6.07) is 5.22. The zero-order chi connectivity index (χ0) is 18.3. The third-order valence-electron chi connectivity index (χ3n) is 5.53. The van der Waals surface area contributed by atoms with Crippen molar-refractivity contribution in [1.29, 1.82) is 5.26 Å². The Bertz CT molecular complexity index is 977. The first-order chi connectivity index (χ1) is 11.7. The number of aromatic nitrogens is 1. The van der Waals surface area contributed by atoms with Crippen LogP contribution in [0.15, 0.2) is 12.1 Å². The normalized spacial score (nSPS) is 29.7. The highest BCUT2D eigenvalue weighted by atomic mass is 35.5. The largest absolute Gasteiger partial charge is 0.494 e. The van der Waals surface area contributed by atoms with E-state index in [0.29, 0.717) is 34.4 Å². The number of nitriles is 1. The Morgan fingerprint density at radius 3 is 2.56 bits per heavy atom. The molecule has 25 heavy (non-hydrogen) atoms. The highest BCUT2D eigenvalue weighted by Crippen LogP contribution is 2.64. The van der Waals surface area contributed by atoms with Crippen LogP contribution < -0.4 is 0 Å². The van der Waals surface area contributed by atoms with Crippen LogP contribution in [0.1, 0.15) is 42.5 Å². The number of aliphatic hydroxyl groups is 1. The molecule has 130 valence electrons. The van der Waals surface area contributed by atoms with Gasteiger partial charge in [-0.15, -0.1) is 0 Å². The first-order valence-electron chi connectivity index (χ1n) is 7.91. The van der Waals surface area contributed by atoms with Crippen molar-refractivity contribution < 1.29 is 20.1 Å². The molecule has 6 nitrogen and oxygen atoms in total. The van der Waals surface area contributed by atoms with E-state index in [0.717, 1.165) is 0 Å². The minimum atomic E-state index is -1.09. The molecule has 1 fully saturated rings. The molecule has 2 aliphatic rings. The number of hydrogen-bond acceptors (Lipinski definition) is 5. The molecule has 2 unspecified atom stereocenters. The second-order valence-corrected chi connectivity index (χ2v) is 7.45. The van der Waals surface area contributed by atoms with E-state index < -0.39 is 17.3 Å². The van der Waals surface area contributed by atoms with E-state index in [1.165, 1.54) is 4.57 Å². The van der Waals surface area contributed by atoms with E-state index >= 15 is 0 Å². The van der Waals surface area contributed by atoms with Crippen LogP contribution in [0.5, 0.6) is 11.8 Å². The smallest absolute Gasteiger partial charge is 0.205 e. The zero-order valence-corrected chi connectivity index (χ0v) is 14.7. The number of aliphatic hydroxyl groups excluding tert-OH is 1. The average Bonchev–Trinajstić information content (AvgIpc) is 3.05. The molecule has 2 bridgehead atoms. The molecule has 0 saturated carbocycles. The maximum Gasteiger partial charge on any atom is 0.205 e. The Labute approximate surface area is 149 Å². The number of nitrogens with zero attached hydrogens (tertiary/aromatic N) is 2. The lowest BCUT2D eigenvalue weighted by Gasteiger charge is -2.25. The van der Waals surface area contributed by atoms with E-state index in [1.807, 2.05) is 0 Å². The fourth-order valence-electron chi connectivity index (χ4n) is 4.22. The van der Waals surface area contributed by atoms with E-state index in [9.17, 15) is 15.3 Å². The predicted octanol–water partition coefficient (Wildman–Crippen LogP) is 2.95. The number of rotatable bonds is 1. The Hall–Kier alpha value is -2.20. The zero-order valence-electron chi connectivity index (χ0n) is 14.0. The SMILES string of the molecule is Cc1c(C#N)ccc(-n2c(O)c3c(c2O)C2(C)OC3(C)C[C@@H]2O)c1Cl. The minimum absolute atomic E-state index is 0.170. The molecule has 1 aromatic heterocycles. The molecule has 1 saturated heterocycles. The Balaban J connectivity index is 2.02. The van der Waals surface area contributed by atoms with Crippen LogP contribution in [0.25, 0.3) is 5.69 Å². The summed E-state index contributed by atoms with van der Waals surface area (Å²) in [5.74, 6) is -0.389. The van der Waals surface area contributed by atoms with Crippen molar-refractivity contribution in [2.75, 3.05) is 0 Å². The number of fused-ring (bicyclic) bond motifs is 5. The lowest BCUT2D eigenvalue weighted by atomic mass is 9.78. The third-order valence-corrected chi connectivity index (χ3v) is 6.01. The number of aromatic hydroxyl groups is 2. The first-order valence-corrected chi connectivity index (χ1v) is 8.29. The predicted molar refractivity (Wildman–Crippen MR) is 90.0 cm³/mol. The van der Waals surface area contributed by atoms with E-state index in [4.69, 9.17) is 21.6 Å². The summed E-state index contributed by atoms with van der Waals surface area (Å²) in [5, 5.41) is 41.4. The van der Waals surface area contributed by atoms with Gasteiger partial charge in [0.2, 0.25) is 11.8 Å². The highest BCUT2D eigenvalue weighted by molar-refractivity contribution is 6.33. The third kappa shape index (κ3) is 1.75. The summed E-state index contributed by atoms with van der Waals surface area (Å²) in [7, 11) is 0. The summed E-state index contributed by atoms with van der Waals surface area (Å²) < 4.78 is 7.20. The van der Waals surface area contributed by atoms with Gasteiger partial charge in [-0.25, -0.2) is 4.57 Å². The van der Waals surface area contributed by atoms with Crippen molar-refractivity contribution in [3.8, 4) is 23.5 Å². The summed E-state index contributed by atoms with van der Waals surface area (Å²) in [6.07, 6.45) is -0.461. The molecule has 0 aliphatic carbocycles. The van der Waals surface area contributed by atoms with Crippen molar-refractivity contribution in [2.24, 2.45) is 0 Å². The van der Waals surface area contributed by atoms with Gasteiger partial charge in [-0.2, -0.15) is 5.26 Å². The molecule has 3 N–H and O–H groups in total. The van der Waals surface area contributed by atoms with E-state index in [1.54, 1.807) is 32.9 Å². The lowest BCUT2D eigenvalue weighted by Crippen LogP contribution is -2.32. The number of hydrogen-bond donors (Lipinski definition) is 3. The molecule has 2 aliphatic heterocycles. The molecular weight excluding hydrogens is 344 g/mol. The highest BCUT2D eigenvalue weighted by Gasteiger charge is 2.64. The average molecular weight is 361 g/mol. The summed E-state index contributed by atoms with van der Waals surface area (Å²) in [6.45, 7) is 5.18. The van der Waals surface area contributed by atoms with Crippen molar-refractivity contribution in [1.82, 2.24) is 4.57 Å². The van der Waals surface area contributed by atoms with Gasteiger partial charge < -0.3 is 20.1 Å². The second-order valence-electron chi connectivity index (χ2n) is 7.08. The van der Waals surface area contributed by atoms with Crippen LogP contribution in [0.3, 0.4) is 0 Å². The molecule has 7 heteroatoms. The number of ether oxygens (including phenoxy) is 1. The van der Waals surface area contributed by atoms with Crippen molar-refractivity contribution in [2.45, 2.75) is 44.5 Å². The van der Waals surface area contributed by atoms with Gasteiger partial charge in [0.15, 0.2) is 0 Å². The van der Waals surface area contributed by atoms with Gasteiger partial charge in [0.25, 0.3) is 0 Å².